The maximum Gasteiger partial charge on any atom is 0.310 e. The first kappa shape index (κ1) is 14.9. The van der Waals surface area contributed by atoms with Crippen LogP contribution in [-0.4, -0.2) is 28.6 Å². The molecule has 4 nitrogen and oxygen atoms in total. The number of carbonyl (C=O) groups is 2. The van der Waals surface area contributed by atoms with Crippen LogP contribution in [0.15, 0.2) is 24.3 Å². The Kier molecular flexibility index (Phi) is 6.01. The van der Waals surface area contributed by atoms with E-state index < -0.39 is 11.9 Å². The zero-order chi connectivity index (χ0) is 13.5. The Morgan fingerprint density at radius 1 is 1.39 bits per heavy atom. The number of hydrogen-bond acceptors (Lipinski definition) is 4. The molecule has 0 radical (unpaired) electrons. The van der Waals surface area contributed by atoms with E-state index in [2.05, 4.69) is 0 Å². The molecule has 0 aliphatic heterocycles. The standard InChI is InChI=1S/C12H13ClO4S/c1-8(14)18-7-9(12(15)16)6-17-11-4-2-10(13)3-5-11/h2-5,9H,6-7H2,1H3,(H,15,16). The van der Waals surface area contributed by atoms with Crippen molar-refractivity contribution in [2.24, 2.45) is 5.92 Å². The van der Waals surface area contributed by atoms with Crippen molar-refractivity contribution in [3.63, 3.8) is 0 Å². The average Bonchev–Trinajstić information content (AvgIpc) is 2.30. The molecule has 1 atom stereocenters. The fraction of sp³-hybridized carbons (Fsp3) is 0.333. The summed E-state index contributed by atoms with van der Waals surface area (Å²) in [6.45, 7) is 1.43. The van der Waals surface area contributed by atoms with Gasteiger partial charge in [0.1, 0.15) is 18.3 Å². The number of ether oxygens (including phenoxy) is 1. The highest BCUT2D eigenvalue weighted by Crippen LogP contribution is 2.17. The number of aliphatic carboxylic acids is 1. The first-order valence-corrected chi connectivity index (χ1v) is 6.60. The van der Waals surface area contributed by atoms with Gasteiger partial charge >= 0.3 is 5.97 Å². The van der Waals surface area contributed by atoms with E-state index in [4.69, 9.17) is 21.4 Å². The van der Waals surface area contributed by atoms with Crippen LogP contribution in [0.2, 0.25) is 5.02 Å². The molecule has 0 amide bonds. The third-order valence-electron chi connectivity index (χ3n) is 2.10. The molecule has 0 aromatic heterocycles. The highest BCUT2D eigenvalue weighted by atomic mass is 35.5. The van der Waals surface area contributed by atoms with Gasteiger partial charge in [-0.2, -0.15) is 0 Å². The lowest BCUT2D eigenvalue weighted by Gasteiger charge is -2.12. The first-order chi connectivity index (χ1) is 8.49. The van der Waals surface area contributed by atoms with Gasteiger partial charge in [-0.15, -0.1) is 0 Å². The van der Waals surface area contributed by atoms with E-state index in [0.717, 1.165) is 11.8 Å². The van der Waals surface area contributed by atoms with Crippen molar-refractivity contribution < 1.29 is 19.4 Å². The predicted molar refractivity (Wildman–Crippen MR) is 71.2 cm³/mol. The zero-order valence-electron chi connectivity index (χ0n) is 9.76. The lowest BCUT2D eigenvalue weighted by atomic mass is 10.2. The van der Waals surface area contributed by atoms with E-state index in [1.165, 1.54) is 6.92 Å². The zero-order valence-corrected chi connectivity index (χ0v) is 11.3. The van der Waals surface area contributed by atoms with Crippen LogP contribution in [0.25, 0.3) is 0 Å². The van der Waals surface area contributed by atoms with Crippen molar-refractivity contribution in [2.45, 2.75) is 6.92 Å². The third-order valence-corrected chi connectivity index (χ3v) is 3.33. The smallest absolute Gasteiger partial charge is 0.310 e. The van der Waals surface area contributed by atoms with E-state index in [1.54, 1.807) is 24.3 Å². The number of thioether (sulfide) groups is 1. The molecule has 0 bridgehead atoms. The summed E-state index contributed by atoms with van der Waals surface area (Å²) in [5, 5.41) is 9.47. The Hall–Kier alpha value is -1.20. The van der Waals surface area contributed by atoms with Crippen LogP contribution in [0.1, 0.15) is 6.92 Å². The number of rotatable bonds is 6. The lowest BCUT2D eigenvalue weighted by molar-refractivity contribution is -0.141. The fourth-order valence-corrected chi connectivity index (χ4v) is 1.94. The second kappa shape index (κ2) is 7.28. The number of carboxylic acid groups (broad SMARTS) is 1. The summed E-state index contributed by atoms with van der Waals surface area (Å²) in [7, 11) is 0. The maximum absolute atomic E-state index is 11.0. The Bertz CT molecular complexity index is 419. The van der Waals surface area contributed by atoms with Gasteiger partial charge < -0.3 is 9.84 Å². The van der Waals surface area contributed by atoms with E-state index in [0.29, 0.717) is 10.8 Å². The van der Waals surface area contributed by atoms with Crippen LogP contribution in [0.3, 0.4) is 0 Å². The van der Waals surface area contributed by atoms with Gasteiger partial charge in [-0.3, -0.25) is 9.59 Å². The highest BCUT2D eigenvalue weighted by molar-refractivity contribution is 8.13. The molecule has 0 spiro atoms. The maximum atomic E-state index is 11.0. The third kappa shape index (κ3) is 5.42. The van der Waals surface area contributed by atoms with E-state index >= 15 is 0 Å². The summed E-state index contributed by atoms with van der Waals surface area (Å²) < 4.78 is 5.35. The van der Waals surface area contributed by atoms with Crippen LogP contribution >= 0.6 is 23.4 Å². The van der Waals surface area contributed by atoms with Gasteiger partial charge in [0.25, 0.3) is 0 Å². The number of carboxylic acids is 1. The fourth-order valence-electron chi connectivity index (χ4n) is 1.14. The number of hydrogen-bond donors (Lipinski definition) is 1. The SMILES string of the molecule is CC(=O)SCC(COc1ccc(Cl)cc1)C(=O)O. The molecule has 98 valence electrons. The van der Waals surface area contributed by atoms with Crippen molar-refractivity contribution in [3.8, 4) is 5.75 Å². The van der Waals surface area contributed by atoms with E-state index in [9.17, 15) is 9.59 Å². The number of halogens is 1. The van der Waals surface area contributed by atoms with Crippen LogP contribution in [0.5, 0.6) is 5.75 Å². The molecule has 0 saturated heterocycles. The monoisotopic (exact) mass is 288 g/mol. The summed E-state index contributed by atoms with van der Waals surface area (Å²) in [5.41, 5.74) is 0. The van der Waals surface area contributed by atoms with Crippen molar-refractivity contribution >= 4 is 34.4 Å². The Labute approximate surface area is 114 Å². The van der Waals surface area contributed by atoms with Crippen LogP contribution in [-0.2, 0) is 9.59 Å². The lowest BCUT2D eigenvalue weighted by Crippen LogP contribution is -2.24. The molecule has 1 aromatic carbocycles. The first-order valence-electron chi connectivity index (χ1n) is 5.23. The molecule has 0 aliphatic carbocycles. The molecule has 18 heavy (non-hydrogen) atoms. The van der Waals surface area contributed by atoms with Crippen molar-refractivity contribution in [2.75, 3.05) is 12.4 Å². The van der Waals surface area contributed by atoms with Crippen LogP contribution < -0.4 is 4.74 Å². The van der Waals surface area contributed by atoms with Gasteiger partial charge in [-0.05, 0) is 24.3 Å². The van der Waals surface area contributed by atoms with Crippen molar-refractivity contribution in [1.29, 1.82) is 0 Å². The summed E-state index contributed by atoms with van der Waals surface area (Å²) in [5.74, 6) is -0.927. The molecule has 1 unspecified atom stereocenters. The average molecular weight is 289 g/mol. The second-order valence-corrected chi connectivity index (χ2v) is 5.24. The molecule has 6 heteroatoms. The predicted octanol–water partition coefficient (Wildman–Crippen LogP) is 2.70. The minimum atomic E-state index is -0.974. The van der Waals surface area contributed by atoms with Gasteiger partial charge in [0.15, 0.2) is 5.12 Å². The van der Waals surface area contributed by atoms with Gasteiger partial charge in [0.05, 0.1) is 0 Å². The molecule has 1 aromatic rings. The summed E-state index contributed by atoms with van der Waals surface area (Å²) in [4.78, 5) is 21.8. The summed E-state index contributed by atoms with van der Waals surface area (Å²) >= 11 is 6.70. The van der Waals surface area contributed by atoms with Gasteiger partial charge in [0.2, 0.25) is 0 Å². The topological polar surface area (TPSA) is 63.6 Å². The Balaban J connectivity index is 2.49. The molecular formula is C12H13ClO4S. The van der Waals surface area contributed by atoms with Gasteiger partial charge in [-0.25, -0.2) is 0 Å². The summed E-state index contributed by atoms with van der Waals surface area (Å²) in [6, 6.07) is 6.66. The number of carbonyl (C=O) groups excluding carboxylic acids is 1. The largest absolute Gasteiger partial charge is 0.493 e. The minimum Gasteiger partial charge on any atom is -0.493 e. The minimum absolute atomic E-state index is 0.0250. The van der Waals surface area contributed by atoms with Gasteiger partial charge in [0, 0.05) is 17.7 Å². The molecule has 0 saturated carbocycles. The van der Waals surface area contributed by atoms with Gasteiger partial charge in [-0.1, -0.05) is 23.4 Å². The van der Waals surface area contributed by atoms with Crippen molar-refractivity contribution in [3.05, 3.63) is 29.3 Å². The highest BCUT2D eigenvalue weighted by Gasteiger charge is 2.19. The summed E-state index contributed by atoms with van der Waals surface area (Å²) in [6.07, 6.45) is 0. The van der Waals surface area contributed by atoms with E-state index in [1.807, 2.05) is 0 Å². The molecule has 1 rings (SSSR count). The van der Waals surface area contributed by atoms with Crippen molar-refractivity contribution in [1.82, 2.24) is 0 Å². The molecule has 0 aliphatic rings. The van der Waals surface area contributed by atoms with E-state index in [-0.39, 0.29) is 17.5 Å². The van der Waals surface area contributed by atoms with Crippen LogP contribution in [0, 0.1) is 5.92 Å². The Morgan fingerprint density at radius 2 is 2.00 bits per heavy atom. The van der Waals surface area contributed by atoms with Crippen LogP contribution in [0.4, 0.5) is 0 Å². The molecule has 1 N–H and O–H groups in total. The number of benzene rings is 1. The molecule has 0 heterocycles. The quantitative estimate of drug-likeness (QED) is 0.872. The second-order valence-electron chi connectivity index (χ2n) is 3.60. The molecule has 0 fully saturated rings. The Morgan fingerprint density at radius 3 is 2.50 bits per heavy atom. The molecular weight excluding hydrogens is 276 g/mol. The normalized spacial score (nSPS) is 11.9.